The van der Waals surface area contributed by atoms with Crippen LogP contribution in [0.5, 0.6) is 5.75 Å². The summed E-state index contributed by atoms with van der Waals surface area (Å²) in [4.78, 5) is 47.6. The number of nitrogens with one attached hydrogen (secondary N) is 2. The molecule has 0 aliphatic carbocycles. The van der Waals surface area contributed by atoms with Crippen molar-refractivity contribution in [3.8, 4) is 28.1 Å². The number of benzene rings is 3. The Morgan fingerprint density at radius 2 is 1.81 bits per heavy atom. The molecule has 3 aromatic carbocycles. The highest BCUT2D eigenvalue weighted by Gasteiger charge is 2.41. The molecule has 0 saturated carbocycles. The number of amides is 2. The number of hydrogen-bond donors (Lipinski definition) is 2. The van der Waals surface area contributed by atoms with Crippen molar-refractivity contribution in [3.63, 3.8) is 0 Å². The molecule has 2 fully saturated rings. The van der Waals surface area contributed by atoms with E-state index in [4.69, 9.17) is 24.2 Å². The van der Waals surface area contributed by atoms with Gasteiger partial charge in [0, 0.05) is 42.5 Å². The van der Waals surface area contributed by atoms with Crippen molar-refractivity contribution in [2.24, 2.45) is 17.8 Å². The van der Waals surface area contributed by atoms with Crippen molar-refractivity contribution in [1.82, 2.24) is 29.7 Å². The average Bonchev–Trinajstić information content (AvgIpc) is 3.94. The topological polar surface area (TPSA) is 126 Å². The summed E-state index contributed by atoms with van der Waals surface area (Å²) in [5.74, 6) is 3.06. The molecule has 5 aromatic rings. The van der Waals surface area contributed by atoms with Gasteiger partial charge in [0.05, 0.1) is 41.6 Å². The fraction of sp³-hybridized carbons (Fsp3) is 0.488. The first-order valence-corrected chi connectivity index (χ1v) is 19.4. The zero-order chi connectivity index (χ0) is 38.1. The van der Waals surface area contributed by atoms with Crippen molar-refractivity contribution >= 4 is 33.8 Å². The summed E-state index contributed by atoms with van der Waals surface area (Å²) in [6.07, 6.45) is 4.10. The normalized spacial score (nSPS) is 21.8. The summed E-state index contributed by atoms with van der Waals surface area (Å²) in [6, 6.07) is 14.9. The number of ether oxygens (including phenoxy) is 3. The molecule has 11 heteroatoms. The van der Waals surface area contributed by atoms with E-state index in [1.165, 1.54) is 0 Å². The Morgan fingerprint density at radius 1 is 1.00 bits per heavy atom. The monoisotopic (exact) mass is 732 g/mol. The maximum Gasteiger partial charge on any atom is 0.410 e. The number of carbonyl (C=O) groups is 2. The van der Waals surface area contributed by atoms with Gasteiger partial charge in [0.15, 0.2) is 0 Å². The van der Waals surface area contributed by atoms with Crippen molar-refractivity contribution in [2.45, 2.75) is 98.1 Å². The minimum absolute atomic E-state index is 0.0408. The van der Waals surface area contributed by atoms with E-state index in [2.05, 4.69) is 78.1 Å². The summed E-state index contributed by atoms with van der Waals surface area (Å²) in [5.41, 5.74) is 6.41. The highest BCUT2D eigenvalue weighted by atomic mass is 16.6. The van der Waals surface area contributed by atoms with Gasteiger partial charge in [-0.15, -0.1) is 0 Å². The number of hydrogen-bond acceptors (Lipinski definition) is 7. The maximum atomic E-state index is 13.6. The van der Waals surface area contributed by atoms with Gasteiger partial charge >= 0.3 is 6.09 Å². The molecule has 54 heavy (non-hydrogen) atoms. The molecule has 2 aromatic heterocycles. The number of nitrogens with zero attached hydrogens (tertiary/aromatic N) is 4. The number of aromatic nitrogens is 4. The Labute approximate surface area is 316 Å². The molecule has 284 valence electrons. The Hall–Kier alpha value is -4.90. The summed E-state index contributed by atoms with van der Waals surface area (Å²) in [7, 11) is 1.69. The fourth-order valence-electron chi connectivity index (χ4n) is 8.49. The van der Waals surface area contributed by atoms with Gasteiger partial charge in [-0.2, -0.15) is 0 Å². The third kappa shape index (κ3) is 6.50. The summed E-state index contributed by atoms with van der Waals surface area (Å²) in [6.45, 7) is 15.6. The van der Waals surface area contributed by atoms with Crippen molar-refractivity contribution in [3.05, 3.63) is 65.9 Å². The van der Waals surface area contributed by atoms with Crippen LogP contribution in [-0.2, 0) is 20.9 Å². The lowest BCUT2D eigenvalue weighted by molar-refractivity contribution is -0.139. The highest BCUT2D eigenvalue weighted by molar-refractivity contribution is 6.07. The van der Waals surface area contributed by atoms with Crippen LogP contribution in [0.3, 0.4) is 0 Å². The van der Waals surface area contributed by atoms with Gasteiger partial charge < -0.3 is 29.1 Å². The molecule has 2 N–H and O–H groups in total. The molecular weight excluding hydrogens is 681 g/mol. The molecule has 5 atom stereocenters. The summed E-state index contributed by atoms with van der Waals surface area (Å²) in [5, 5.41) is 2.11. The third-order valence-corrected chi connectivity index (χ3v) is 11.6. The van der Waals surface area contributed by atoms with E-state index in [-0.39, 0.29) is 47.9 Å². The van der Waals surface area contributed by atoms with Crippen LogP contribution in [0, 0.1) is 17.8 Å². The zero-order valence-corrected chi connectivity index (χ0v) is 32.7. The lowest BCUT2D eigenvalue weighted by Crippen LogP contribution is -2.40. The van der Waals surface area contributed by atoms with Gasteiger partial charge in [0.1, 0.15) is 29.6 Å². The summed E-state index contributed by atoms with van der Waals surface area (Å²) < 4.78 is 17.6. The Balaban J connectivity index is 1.06. The number of likely N-dealkylation sites (tertiary alicyclic amines) is 2. The lowest BCUT2D eigenvalue weighted by atomic mass is 9.92. The van der Waals surface area contributed by atoms with Crippen LogP contribution in [-0.4, -0.2) is 73.6 Å². The average molecular weight is 733 g/mol. The van der Waals surface area contributed by atoms with E-state index >= 15 is 0 Å². The molecule has 11 nitrogen and oxygen atoms in total. The fourth-order valence-corrected chi connectivity index (χ4v) is 8.49. The molecule has 0 radical (unpaired) electrons. The number of carbonyl (C=O) groups excluding carboxylic acids is 2. The Morgan fingerprint density at radius 3 is 2.57 bits per heavy atom. The minimum atomic E-state index is -0.592. The first-order valence-electron chi connectivity index (χ1n) is 19.4. The maximum absolute atomic E-state index is 13.6. The van der Waals surface area contributed by atoms with Gasteiger partial charge in [-0.3, -0.25) is 9.69 Å². The SMILES string of the molecule is COC[C@H]1C[C@@H](c2ncc(-c3ccc4c(c3)COc3cc5c(ccc6[nH]c([C@@H]7CC[C@H](C)N7C(=O)C(C)C(C)C)nc65)cc3-4)[nH]2)N(C(=O)OC(C)(C)C)C1. The molecular formula is C43H52N6O5. The molecule has 2 saturated heterocycles. The molecule has 5 heterocycles. The third-order valence-electron chi connectivity index (χ3n) is 11.6. The lowest BCUT2D eigenvalue weighted by Gasteiger charge is -2.31. The van der Waals surface area contributed by atoms with Crippen molar-refractivity contribution < 1.29 is 23.8 Å². The van der Waals surface area contributed by atoms with Crippen LogP contribution in [0.2, 0.25) is 0 Å². The predicted molar refractivity (Wildman–Crippen MR) is 209 cm³/mol. The molecule has 0 spiro atoms. The van der Waals surface area contributed by atoms with Crippen LogP contribution in [0.25, 0.3) is 44.2 Å². The number of fused-ring (bicyclic) bond motifs is 6. The molecule has 8 rings (SSSR count). The molecule has 3 aliphatic heterocycles. The predicted octanol–water partition coefficient (Wildman–Crippen LogP) is 8.95. The molecule has 1 unspecified atom stereocenters. The van der Waals surface area contributed by atoms with Gasteiger partial charge in [-0.1, -0.05) is 39.0 Å². The van der Waals surface area contributed by atoms with E-state index in [1.54, 1.807) is 12.0 Å². The quantitative estimate of drug-likeness (QED) is 0.171. The number of H-pyrrole nitrogens is 2. The second kappa shape index (κ2) is 13.7. The van der Waals surface area contributed by atoms with Crippen molar-refractivity contribution in [2.75, 3.05) is 20.3 Å². The van der Waals surface area contributed by atoms with E-state index in [1.807, 2.05) is 33.9 Å². The van der Waals surface area contributed by atoms with Crippen LogP contribution in [0.15, 0.2) is 48.7 Å². The van der Waals surface area contributed by atoms with Crippen molar-refractivity contribution in [1.29, 1.82) is 0 Å². The van der Waals surface area contributed by atoms with Crippen LogP contribution in [0.1, 0.15) is 97.0 Å². The molecule has 2 amide bonds. The van der Waals surface area contributed by atoms with Gasteiger partial charge in [-0.05, 0) is 99.2 Å². The Bertz CT molecular complexity index is 2230. The molecule has 3 aliphatic rings. The van der Waals surface area contributed by atoms with Gasteiger partial charge in [0.25, 0.3) is 0 Å². The molecule has 0 bridgehead atoms. The highest BCUT2D eigenvalue weighted by Crippen LogP contribution is 2.44. The van der Waals surface area contributed by atoms with Crippen LogP contribution >= 0.6 is 0 Å². The smallest absolute Gasteiger partial charge is 0.410 e. The second-order valence-electron chi connectivity index (χ2n) is 16.9. The summed E-state index contributed by atoms with van der Waals surface area (Å²) >= 11 is 0. The largest absolute Gasteiger partial charge is 0.488 e. The number of imidazole rings is 2. The number of aromatic amines is 2. The Kier molecular flexibility index (Phi) is 9.19. The van der Waals surface area contributed by atoms with Crippen LogP contribution < -0.4 is 4.74 Å². The first kappa shape index (κ1) is 36.1. The first-order chi connectivity index (χ1) is 25.8. The zero-order valence-electron chi connectivity index (χ0n) is 32.7. The van der Waals surface area contributed by atoms with E-state index < -0.39 is 5.60 Å². The van der Waals surface area contributed by atoms with E-state index in [0.29, 0.717) is 19.8 Å². The number of methoxy groups -OCH3 is 1. The van der Waals surface area contributed by atoms with E-state index in [0.717, 1.165) is 86.4 Å². The minimum Gasteiger partial charge on any atom is -0.488 e. The second-order valence-corrected chi connectivity index (χ2v) is 16.9. The number of rotatable bonds is 7. The van der Waals surface area contributed by atoms with E-state index in [9.17, 15) is 9.59 Å². The standard InChI is InChI=1S/C43H52N6O5/c1-23(2)25(4)41(50)49-24(3)9-14-35(49)40-45-33-13-11-27-17-32-30-12-10-28(16-29(30)22-53-37(32)18-31(27)38(33)47-40)34-19-44-39(46-34)36-15-26(21-52-8)20-48(36)42(51)54-43(5,6)7/h10-13,16-19,23-26,35-36H,9,14-15,20-22H2,1-8H3,(H,44,46)(H,45,47)/t24-,25?,26-,35-,36-/m0/s1. The van der Waals surface area contributed by atoms with Crippen LogP contribution in [0.4, 0.5) is 4.79 Å². The van der Waals surface area contributed by atoms with Gasteiger partial charge in [-0.25, -0.2) is 14.8 Å². The van der Waals surface area contributed by atoms with Gasteiger partial charge in [0.2, 0.25) is 5.91 Å².